The Bertz CT molecular complexity index is 399. The summed E-state index contributed by atoms with van der Waals surface area (Å²) in [5.74, 6) is 1.25. The van der Waals surface area contributed by atoms with Crippen molar-refractivity contribution in [2.24, 2.45) is 0 Å². The van der Waals surface area contributed by atoms with Crippen molar-refractivity contribution >= 4 is 5.91 Å². The van der Waals surface area contributed by atoms with E-state index in [9.17, 15) is 4.79 Å². The van der Waals surface area contributed by atoms with E-state index in [1.165, 1.54) is 0 Å². The van der Waals surface area contributed by atoms with Crippen molar-refractivity contribution in [1.29, 1.82) is 0 Å². The standard InChI is InChI=1S/C13H19NO3/c1-4-11-5-6-12(17-11)13(15)14-7-10(3)16-8-9(14)2/h5-6,9-10H,4,7-8H2,1-3H3. The van der Waals surface area contributed by atoms with Crippen molar-refractivity contribution in [3.8, 4) is 0 Å². The molecule has 0 N–H and O–H groups in total. The quantitative estimate of drug-likeness (QED) is 0.791. The molecule has 1 aromatic rings. The number of rotatable bonds is 2. The third kappa shape index (κ3) is 2.52. The molecular formula is C13H19NO3. The Balaban J connectivity index is 2.12. The predicted molar refractivity (Wildman–Crippen MR) is 64.0 cm³/mol. The van der Waals surface area contributed by atoms with Gasteiger partial charge in [-0.2, -0.15) is 0 Å². The van der Waals surface area contributed by atoms with Crippen LogP contribution < -0.4 is 0 Å². The zero-order valence-electron chi connectivity index (χ0n) is 10.6. The van der Waals surface area contributed by atoms with Gasteiger partial charge in [0.2, 0.25) is 0 Å². The fourth-order valence-electron chi connectivity index (χ4n) is 2.01. The lowest BCUT2D eigenvalue weighted by molar-refractivity contribution is -0.0396. The third-order valence-electron chi connectivity index (χ3n) is 3.09. The molecular weight excluding hydrogens is 218 g/mol. The van der Waals surface area contributed by atoms with Crippen LogP contribution in [-0.2, 0) is 11.2 Å². The Morgan fingerprint density at radius 1 is 1.47 bits per heavy atom. The maximum atomic E-state index is 12.3. The second kappa shape index (κ2) is 4.92. The smallest absolute Gasteiger partial charge is 0.289 e. The van der Waals surface area contributed by atoms with Crippen LogP contribution in [-0.4, -0.2) is 36.1 Å². The number of nitrogens with zero attached hydrogens (tertiary/aromatic N) is 1. The summed E-state index contributed by atoms with van der Waals surface area (Å²) < 4.78 is 11.0. The molecule has 0 radical (unpaired) electrons. The molecule has 17 heavy (non-hydrogen) atoms. The van der Waals surface area contributed by atoms with Gasteiger partial charge < -0.3 is 14.1 Å². The first kappa shape index (κ1) is 12.2. The summed E-state index contributed by atoms with van der Waals surface area (Å²) in [4.78, 5) is 14.1. The zero-order valence-corrected chi connectivity index (χ0v) is 10.6. The molecule has 1 aliphatic heterocycles. The van der Waals surface area contributed by atoms with E-state index in [1.54, 1.807) is 6.07 Å². The van der Waals surface area contributed by atoms with Crippen LogP contribution in [0.25, 0.3) is 0 Å². The van der Waals surface area contributed by atoms with Crippen molar-refractivity contribution in [3.63, 3.8) is 0 Å². The van der Waals surface area contributed by atoms with Crippen LogP contribution in [0.2, 0.25) is 0 Å². The van der Waals surface area contributed by atoms with Gasteiger partial charge in [-0.05, 0) is 26.0 Å². The number of hydrogen-bond donors (Lipinski definition) is 0. The maximum absolute atomic E-state index is 12.3. The molecule has 0 aromatic carbocycles. The number of aryl methyl sites for hydroxylation is 1. The first-order valence-corrected chi connectivity index (χ1v) is 6.13. The first-order valence-electron chi connectivity index (χ1n) is 6.13. The minimum Gasteiger partial charge on any atom is -0.456 e. The van der Waals surface area contributed by atoms with Gasteiger partial charge in [0.1, 0.15) is 5.76 Å². The van der Waals surface area contributed by atoms with Crippen LogP contribution in [0.5, 0.6) is 0 Å². The highest BCUT2D eigenvalue weighted by Gasteiger charge is 2.29. The van der Waals surface area contributed by atoms with E-state index >= 15 is 0 Å². The van der Waals surface area contributed by atoms with E-state index in [2.05, 4.69) is 0 Å². The molecule has 1 amide bonds. The van der Waals surface area contributed by atoms with E-state index < -0.39 is 0 Å². The van der Waals surface area contributed by atoms with Crippen LogP contribution in [0.3, 0.4) is 0 Å². The van der Waals surface area contributed by atoms with Gasteiger partial charge >= 0.3 is 0 Å². The number of hydrogen-bond acceptors (Lipinski definition) is 3. The summed E-state index contributed by atoms with van der Waals surface area (Å²) in [5, 5.41) is 0. The van der Waals surface area contributed by atoms with Gasteiger partial charge in [-0.3, -0.25) is 4.79 Å². The molecule has 0 bridgehead atoms. The van der Waals surface area contributed by atoms with Gasteiger partial charge in [0.25, 0.3) is 5.91 Å². The number of morpholine rings is 1. The Kier molecular flexibility index (Phi) is 3.52. The molecule has 94 valence electrons. The van der Waals surface area contributed by atoms with Gasteiger partial charge in [0, 0.05) is 13.0 Å². The number of carbonyl (C=O) groups excluding carboxylic acids is 1. The molecule has 2 atom stereocenters. The van der Waals surface area contributed by atoms with E-state index in [-0.39, 0.29) is 18.1 Å². The molecule has 1 aromatic heterocycles. The fraction of sp³-hybridized carbons (Fsp3) is 0.615. The van der Waals surface area contributed by atoms with Crippen molar-refractivity contribution in [3.05, 3.63) is 23.7 Å². The van der Waals surface area contributed by atoms with Crippen LogP contribution in [0, 0.1) is 0 Å². The number of furan rings is 1. The lowest BCUT2D eigenvalue weighted by atomic mass is 10.2. The number of carbonyl (C=O) groups is 1. The van der Waals surface area contributed by atoms with Crippen molar-refractivity contribution in [2.45, 2.75) is 39.3 Å². The molecule has 1 saturated heterocycles. The second-order valence-electron chi connectivity index (χ2n) is 4.57. The first-order chi connectivity index (χ1) is 8.11. The third-order valence-corrected chi connectivity index (χ3v) is 3.09. The minimum atomic E-state index is -0.0349. The van der Waals surface area contributed by atoms with Crippen LogP contribution >= 0.6 is 0 Å². The van der Waals surface area contributed by atoms with Crippen molar-refractivity contribution in [2.75, 3.05) is 13.2 Å². The summed E-state index contributed by atoms with van der Waals surface area (Å²) in [6, 6.07) is 3.73. The summed E-state index contributed by atoms with van der Waals surface area (Å²) in [6.07, 6.45) is 0.901. The summed E-state index contributed by atoms with van der Waals surface area (Å²) in [5.41, 5.74) is 0. The lowest BCUT2D eigenvalue weighted by Gasteiger charge is -2.36. The molecule has 4 nitrogen and oxygen atoms in total. The van der Waals surface area contributed by atoms with Crippen molar-refractivity contribution in [1.82, 2.24) is 4.90 Å². The molecule has 4 heteroatoms. The van der Waals surface area contributed by atoms with Crippen LogP contribution in [0.1, 0.15) is 37.1 Å². The van der Waals surface area contributed by atoms with Gasteiger partial charge in [-0.25, -0.2) is 0 Å². The Hall–Kier alpha value is -1.29. The van der Waals surface area contributed by atoms with E-state index in [1.807, 2.05) is 31.7 Å². The fourth-order valence-corrected chi connectivity index (χ4v) is 2.01. The molecule has 0 saturated carbocycles. The van der Waals surface area contributed by atoms with E-state index in [0.29, 0.717) is 18.9 Å². The molecule has 2 heterocycles. The average Bonchev–Trinajstić information content (AvgIpc) is 2.80. The topological polar surface area (TPSA) is 42.7 Å². The van der Waals surface area contributed by atoms with Gasteiger partial charge in [-0.15, -0.1) is 0 Å². The molecule has 2 rings (SSSR count). The lowest BCUT2D eigenvalue weighted by Crippen LogP contribution is -2.50. The van der Waals surface area contributed by atoms with E-state index in [4.69, 9.17) is 9.15 Å². The largest absolute Gasteiger partial charge is 0.456 e. The Morgan fingerprint density at radius 3 is 2.88 bits per heavy atom. The second-order valence-corrected chi connectivity index (χ2v) is 4.57. The molecule has 0 aliphatic carbocycles. The van der Waals surface area contributed by atoms with Gasteiger partial charge in [-0.1, -0.05) is 6.92 Å². The zero-order chi connectivity index (χ0) is 12.4. The molecule has 1 fully saturated rings. The summed E-state index contributed by atoms with van der Waals surface area (Å²) in [7, 11) is 0. The monoisotopic (exact) mass is 237 g/mol. The van der Waals surface area contributed by atoms with Crippen LogP contribution in [0.4, 0.5) is 0 Å². The minimum absolute atomic E-state index is 0.0349. The Morgan fingerprint density at radius 2 is 2.24 bits per heavy atom. The molecule has 1 aliphatic rings. The number of amides is 1. The number of ether oxygens (including phenoxy) is 1. The summed E-state index contributed by atoms with van der Waals surface area (Å²) in [6.45, 7) is 7.20. The van der Waals surface area contributed by atoms with Gasteiger partial charge in [0.15, 0.2) is 5.76 Å². The average molecular weight is 237 g/mol. The predicted octanol–water partition coefficient (Wildman–Crippen LogP) is 2.09. The Labute approximate surface area is 102 Å². The van der Waals surface area contributed by atoms with E-state index in [0.717, 1.165) is 12.2 Å². The normalized spacial score (nSPS) is 25.0. The van der Waals surface area contributed by atoms with Gasteiger partial charge in [0.05, 0.1) is 18.8 Å². The SMILES string of the molecule is CCc1ccc(C(=O)N2CC(C)OCC2C)o1. The summed E-state index contributed by atoms with van der Waals surface area (Å²) >= 11 is 0. The highest BCUT2D eigenvalue weighted by molar-refractivity contribution is 5.91. The van der Waals surface area contributed by atoms with Crippen molar-refractivity contribution < 1.29 is 13.9 Å². The molecule has 0 spiro atoms. The van der Waals surface area contributed by atoms with Crippen LogP contribution in [0.15, 0.2) is 16.5 Å². The maximum Gasteiger partial charge on any atom is 0.289 e. The molecule has 2 unspecified atom stereocenters. The highest BCUT2D eigenvalue weighted by Crippen LogP contribution is 2.17. The highest BCUT2D eigenvalue weighted by atomic mass is 16.5.